The molecule has 2 amide bonds. The van der Waals surface area contributed by atoms with Crippen molar-refractivity contribution in [3.63, 3.8) is 0 Å². The number of carbonyl (C=O) groups excluding carboxylic acids is 2. The molecule has 0 spiro atoms. The molecule has 1 aliphatic heterocycles. The molecule has 1 saturated heterocycles. The van der Waals surface area contributed by atoms with Gasteiger partial charge in [0, 0.05) is 36.3 Å². The van der Waals surface area contributed by atoms with Crippen molar-refractivity contribution in [2.45, 2.75) is 39.7 Å². The Morgan fingerprint density at radius 3 is 2.53 bits per heavy atom. The Hall–Kier alpha value is -3.70. The fourth-order valence-electron chi connectivity index (χ4n) is 4.18. The van der Waals surface area contributed by atoms with E-state index in [9.17, 15) is 14.0 Å². The summed E-state index contributed by atoms with van der Waals surface area (Å²) in [6, 6.07) is 7.82. The first-order valence-corrected chi connectivity index (χ1v) is 12.2. The van der Waals surface area contributed by atoms with Crippen molar-refractivity contribution in [1.82, 2.24) is 19.7 Å². The summed E-state index contributed by atoms with van der Waals surface area (Å²) in [5.74, 6) is 5.59. The van der Waals surface area contributed by atoms with E-state index >= 15 is 0 Å². The predicted molar refractivity (Wildman–Crippen MR) is 136 cm³/mol. The number of amides is 2. The van der Waals surface area contributed by atoms with Crippen LogP contribution in [0.1, 0.15) is 59.9 Å². The monoisotopic (exact) mass is 507 g/mol. The molecule has 0 radical (unpaired) electrons. The summed E-state index contributed by atoms with van der Waals surface area (Å²) in [6.07, 6.45) is 4.39. The molecule has 0 bridgehead atoms. The van der Waals surface area contributed by atoms with Gasteiger partial charge in [0.15, 0.2) is 0 Å². The van der Waals surface area contributed by atoms with Gasteiger partial charge in [0.1, 0.15) is 17.3 Å². The van der Waals surface area contributed by atoms with Crippen LogP contribution in [0.5, 0.6) is 0 Å². The lowest BCUT2D eigenvalue weighted by Crippen LogP contribution is -2.41. The van der Waals surface area contributed by atoms with Crippen LogP contribution in [-0.4, -0.2) is 44.6 Å². The lowest BCUT2D eigenvalue weighted by atomic mass is 10.0. The third kappa shape index (κ3) is 5.74. The summed E-state index contributed by atoms with van der Waals surface area (Å²) in [4.78, 5) is 31.7. The smallest absolute Gasteiger partial charge is 0.276 e. The van der Waals surface area contributed by atoms with Gasteiger partial charge in [-0.15, -0.1) is 0 Å². The normalized spacial score (nSPS) is 13.9. The number of hydrogen-bond donors (Lipinski definition) is 1. The van der Waals surface area contributed by atoms with Gasteiger partial charge in [0.25, 0.3) is 5.91 Å². The van der Waals surface area contributed by atoms with E-state index in [0.717, 1.165) is 5.56 Å². The van der Waals surface area contributed by atoms with Gasteiger partial charge in [-0.3, -0.25) is 14.3 Å². The number of nitrogens with one attached hydrogen (secondary N) is 1. The van der Waals surface area contributed by atoms with Crippen molar-refractivity contribution in [2.75, 3.05) is 18.4 Å². The summed E-state index contributed by atoms with van der Waals surface area (Å²) >= 11 is 6.35. The second-order valence-electron chi connectivity index (χ2n) is 9.10. The minimum Gasteiger partial charge on any atom is -0.342 e. The fraction of sp³-hybridized carbons (Fsp3) is 0.333. The van der Waals surface area contributed by atoms with E-state index in [4.69, 9.17) is 11.6 Å². The first-order chi connectivity index (χ1) is 17.2. The van der Waals surface area contributed by atoms with Crippen LogP contribution >= 0.6 is 11.6 Å². The summed E-state index contributed by atoms with van der Waals surface area (Å²) in [5.41, 5.74) is 2.19. The standard InChI is InChI=1S/C27H27ClFN5O2/c1-17(2)27(36)33-11-9-22(10-12-33)34-24(23(28)16-31-34)26(35)32-25-18(3)13-20(15-30-25)8-7-19-5-4-6-21(29)14-19/h4-6,13-17,22H,9-12H2,1-3H3,(H,30,32,35). The molecule has 3 aromatic rings. The van der Waals surface area contributed by atoms with Crippen molar-refractivity contribution in [3.8, 4) is 11.8 Å². The second kappa shape index (κ2) is 10.9. The number of aromatic nitrogens is 3. The molecule has 4 rings (SSSR count). The van der Waals surface area contributed by atoms with Crippen LogP contribution in [0.3, 0.4) is 0 Å². The molecule has 0 saturated carbocycles. The molecule has 0 atom stereocenters. The molecule has 1 fully saturated rings. The Balaban J connectivity index is 1.46. The summed E-state index contributed by atoms with van der Waals surface area (Å²) in [7, 11) is 0. The number of aryl methyl sites for hydroxylation is 1. The van der Waals surface area contributed by atoms with Gasteiger partial charge >= 0.3 is 0 Å². The van der Waals surface area contributed by atoms with Crippen molar-refractivity contribution < 1.29 is 14.0 Å². The second-order valence-corrected chi connectivity index (χ2v) is 9.51. The van der Waals surface area contributed by atoms with E-state index in [1.165, 1.54) is 18.3 Å². The molecule has 1 aromatic carbocycles. The maximum Gasteiger partial charge on any atom is 0.276 e. The highest BCUT2D eigenvalue weighted by Crippen LogP contribution is 2.28. The van der Waals surface area contributed by atoms with Gasteiger partial charge in [-0.25, -0.2) is 9.37 Å². The maximum absolute atomic E-state index is 13.4. The number of likely N-dealkylation sites (tertiary alicyclic amines) is 1. The summed E-state index contributed by atoms with van der Waals surface area (Å²) in [5, 5.41) is 7.44. The van der Waals surface area contributed by atoms with E-state index in [2.05, 4.69) is 27.2 Å². The highest BCUT2D eigenvalue weighted by molar-refractivity contribution is 6.34. The molecule has 0 aliphatic carbocycles. The number of benzene rings is 1. The fourth-order valence-corrected chi connectivity index (χ4v) is 4.39. The van der Waals surface area contributed by atoms with Gasteiger partial charge in [0.2, 0.25) is 5.91 Å². The molecule has 186 valence electrons. The Morgan fingerprint density at radius 1 is 1.14 bits per heavy atom. The average molecular weight is 508 g/mol. The number of anilines is 1. The lowest BCUT2D eigenvalue weighted by molar-refractivity contribution is -0.135. The van der Waals surface area contributed by atoms with Gasteiger partial charge in [-0.1, -0.05) is 43.4 Å². The molecule has 0 unspecified atom stereocenters. The van der Waals surface area contributed by atoms with Crippen molar-refractivity contribution in [1.29, 1.82) is 0 Å². The molecule has 7 nitrogen and oxygen atoms in total. The van der Waals surface area contributed by atoms with E-state index in [-0.39, 0.29) is 34.4 Å². The van der Waals surface area contributed by atoms with E-state index < -0.39 is 5.91 Å². The predicted octanol–water partition coefficient (Wildman–Crippen LogP) is 4.85. The minimum atomic E-state index is -0.410. The number of nitrogens with zero attached hydrogens (tertiary/aromatic N) is 4. The van der Waals surface area contributed by atoms with Crippen molar-refractivity contribution >= 4 is 29.2 Å². The van der Waals surface area contributed by atoms with Crippen LogP contribution in [0, 0.1) is 30.5 Å². The Bertz CT molecular complexity index is 1350. The van der Waals surface area contributed by atoms with Gasteiger partial charge in [0.05, 0.1) is 17.3 Å². The number of halogens is 2. The lowest BCUT2D eigenvalue weighted by Gasteiger charge is -2.33. The third-order valence-electron chi connectivity index (χ3n) is 6.07. The number of pyridine rings is 1. The Morgan fingerprint density at radius 2 is 1.86 bits per heavy atom. The van der Waals surface area contributed by atoms with Crippen LogP contribution in [0.15, 0.2) is 42.7 Å². The van der Waals surface area contributed by atoms with E-state index in [0.29, 0.717) is 42.9 Å². The van der Waals surface area contributed by atoms with Crippen LogP contribution in [0.25, 0.3) is 0 Å². The molecule has 1 aliphatic rings. The Kier molecular flexibility index (Phi) is 7.70. The van der Waals surface area contributed by atoms with Gasteiger partial charge < -0.3 is 10.2 Å². The first kappa shape index (κ1) is 25.4. The SMILES string of the molecule is Cc1cc(C#Cc2cccc(F)c2)cnc1NC(=O)c1c(Cl)cnn1C1CCN(C(=O)C(C)C)CC1. The van der Waals surface area contributed by atoms with Crippen molar-refractivity contribution in [3.05, 3.63) is 75.9 Å². The molecule has 36 heavy (non-hydrogen) atoms. The van der Waals surface area contributed by atoms with E-state index in [1.807, 2.05) is 25.7 Å². The molecule has 2 aromatic heterocycles. The minimum absolute atomic E-state index is 0.0380. The quantitative estimate of drug-likeness (QED) is 0.512. The third-order valence-corrected chi connectivity index (χ3v) is 6.34. The first-order valence-electron chi connectivity index (χ1n) is 11.8. The van der Waals surface area contributed by atoms with Crippen LogP contribution in [0.4, 0.5) is 10.2 Å². The zero-order valence-electron chi connectivity index (χ0n) is 20.4. The molecule has 9 heteroatoms. The largest absolute Gasteiger partial charge is 0.342 e. The molecular weight excluding hydrogens is 481 g/mol. The Labute approximate surface area is 214 Å². The van der Waals surface area contributed by atoms with Crippen LogP contribution in [-0.2, 0) is 4.79 Å². The highest BCUT2D eigenvalue weighted by Gasteiger charge is 2.29. The van der Waals surface area contributed by atoms with Gasteiger partial charge in [-0.2, -0.15) is 5.10 Å². The maximum atomic E-state index is 13.4. The van der Waals surface area contributed by atoms with Crippen LogP contribution < -0.4 is 5.32 Å². The molecule has 1 N–H and O–H groups in total. The van der Waals surface area contributed by atoms with Crippen LogP contribution in [0.2, 0.25) is 5.02 Å². The number of piperidine rings is 1. The van der Waals surface area contributed by atoms with Crippen molar-refractivity contribution in [2.24, 2.45) is 5.92 Å². The van der Waals surface area contributed by atoms with Gasteiger partial charge in [-0.05, 0) is 49.6 Å². The molecular formula is C27H27ClFN5O2. The topological polar surface area (TPSA) is 80.1 Å². The molecule has 3 heterocycles. The highest BCUT2D eigenvalue weighted by atomic mass is 35.5. The zero-order chi connectivity index (χ0) is 25.8. The summed E-state index contributed by atoms with van der Waals surface area (Å²) in [6.45, 7) is 6.82. The van der Waals surface area contributed by atoms with E-state index in [1.54, 1.807) is 29.1 Å². The number of hydrogen-bond acceptors (Lipinski definition) is 4. The number of rotatable bonds is 4. The summed E-state index contributed by atoms with van der Waals surface area (Å²) < 4.78 is 15.0. The zero-order valence-corrected chi connectivity index (χ0v) is 21.1. The average Bonchev–Trinajstić information content (AvgIpc) is 3.25. The number of carbonyl (C=O) groups is 2.